The first kappa shape index (κ1) is 18.1. The van der Waals surface area contributed by atoms with E-state index in [1.807, 2.05) is 13.0 Å². The van der Waals surface area contributed by atoms with Gasteiger partial charge in [0.25, 0.3) is 0 Å². The summed E-state index contributed by atoms with van der Waals surface area (Å²) in [5.74, 6) is -0.129. The molecule has 1 aromatic carbocycles. The lowest BCUT2D eigenvalue weighted by Gasteiger charge is -2.38. The maximum Gasteiger partial charge on any atom is 0.227 e. The van der Waals surface area contributed by atoms with E-state index < -0.39 is 5.41 Å². The second kappa shape index (κ2) is 7.70. The van der Waals surface area contributed by atoms with E-state index in [1.54, 1.807) is 6.07 Å². The first-order valence-electron chi connectivity index (χ1n) is 9.14. The molecule has 2 heterocycles. The number of aryl methyl sites for hydroxylation is 1. The van der Waals surface area contributed by atoms with Crippen molar-refractivity contribution in [1.82, 2.24) is 5.32 Å². The van der Waals surface area contributed by atoms with Gasteiger partial charge in [0, 0.05) is 38.9 Å². The van der Waals surface area contributed by atoms with Crippen LogP contribution in [0.2, 0.25) is 0 Å². The number of benzene rings is 1. The molecule has 2 saturated heterocycles. The van der Waals surface area contributed by atoms with Crippen LogP contribution in [0.25, 0.3) is 0 Å². The quantitative estimate of drug-likeness (QED) is 0.872. The number of hydrogen-bond acceptors (Lipinski definition) is 4. The van der Waals surface area contributed by atoms with E-state index in [4.69, 9.17) is 10.5 Å². The van der Waals surface area contributed by atoms with Crippen molar-refractivity contribution >= 4 is 11.6 Å². The maximum absolute atomic E-state index is 14.1. The van der Waals surface area contributed by atoms with E-state index >= 15 is 0 Å². The Morgan fingerprint density at radius 2 is 2.04 bits per heavy atom. The molecule has 138 valence electrons. The van der Waals surface area contributed by atoms with Crippen LogP contribution in [0.3, 0.4) is 0 Å². The monoisotopic (exact) mass is 349 g/mol. The lowest BCUT2D eigenvalue weighted by Crippen LogP contribution is -2.53. The molecule has 0 aliphatic carbocycles. The predicted octanol–water partition coefficient (Wildman–Crippen LogP) is 1.97. The summed E-state index contributed by atoms with van der Waals surface area (Å²) in [5, 5.41) is 3.18. The Morgan fingerprint density at radius 1 is 1.36 bits per heavy atom. The lowest BCUT2D eigenvalue weighted by atomic mass is 9.79. The molecule has 0 atom stereocenters. The molecule has 0 unspecified atom stereocenters. The number of carbonyl (C=O) groups excluding carboxylic acids is 1. The van der Waals surface area contributed by atoms with E-state index in [0.29, 0.717) is 38.3 Å². The molecule has 5 nitrogen and oxygen atoms in total. The van der Waals surface area contributed by atoms with Crippen molar-refractivity contribution in [2.24, 2.45) is 11.1 Å². The van der Waals surface area contributed by atoms with Crippen molar-refractivity contribution in [3.05, 3.63) is 29.6 Å². The number of nitrogens with zero attached hydrogens (tertiary/aromatic N) is 1. The lowest BCUT2D eigenvalue weighted by molar-refractivity contribution is -0.136. The summed E-state index contributed by atoms with van der Waals surface area (Å²) in [6.07, 6.45) is 3.00. The molecule has 3 N–H and O–H groups in total. The Labute approximate surface area is 148 Å². The van der Waals surface area contributed by atoms with Gasteiger partial charge in [0.15, 0.2) is 0 Å². The van der Waals surface area contributed by atoms with Crippen LogP contribution in [0.1, 0.15) is 31.2 Å². The molecule has 2 aliphatic heterocycles. The number of halogens is 1. The molecule has 1 amide bonds. The number of nitrogens with one attached hydrogen (secondary N) is 1. The zero-order valence-corrected chi connectivity index (χ0v) is 14.9. The standard InChI is InChI=1S/C19H28FN3O2/c1-14-2-3-16(20)17(12-14)23-8-4-15(5-9-23)22-18(24)19(13-21)6-10-25-11-7-19/h2-3,12,15H,4-11,13,21H2,1H3,(H,22,24). The van der Waals surface area contributed by atoms with Gasteiger partial charge in [-0.2, -0.15) is 0 Å². The third-order valence-corrected chi connectivity index (χ3v) is 5.59. The van der Waals surface area contributed by atoms with Gasteiger partial charge in [0.1, 0.15) is 5.82 Å². The number of ether oxygens (including phenoxy) is 1. The van der Waals surface area contributed by atoms with E-state index in [2.05, 4.69) is 10.2 Å². The Morgan fingerprint density at radius 3 is 2.68 bits per heavy atom. The first-order chi connectivity index (χ1) is 12.0. The predicted molar refractivity (Wildman–Crippen MR) is 96.1 cm³/mol. The van der Waals surface area contributed by atoms with Crippen LogP contribution in [0.4, 0.5) is 10.1 Å². The number of amides is 1. The number of carbonyl (C=O) groups is 1. The summed E-state index contributed by atoms with van der Waals surface area (Å²) in [4.78, 5) is 14.8. The minimum Gasteiger partial charge on any atom is -0.381 e. The molecular weight excluding hydrogens is 321 g/mol. The van der Waals surface area contributed by atoms with Crippen LogP contribution in [-0.4, -0.2) is 44.8 Å². The Kier molecular flexibility index (Phi) is 5.59. The number of rotatable bonds is 4. The fourth-order valence-corrected chi connectivity index (χ4v) is 3.75. The highest BCUT2D eigenvalue weighted by atomic mass is 19.1. The van der Waals surface area contributed by atoms with Crippen LogP contribution >= 0.6 is 0 Å². The average molecular weight is 349 g/mol. The molecule has 2 fully saturated rings. The largest absolute Gasteiger partial charge is 0.381 e. The fraction of sp³-hybridized carbons (Fsp3) is 0.632. The van der Waals surface area contributed by atoms with E-state index in [9.17, 15) is 9.18 Å². The van der Waals surface area contributed by atoms with Crippen LogP contribution < -0.4 is 16.0 Å². The van der Waals surface area contributed by atoms with E-state index in [-0.39, 0.29) is 17.8 Å². The van der Waals surface area contributed by atoms with Crippen molar-refractivity contribution in [2.75, 3.05) is 37.7 Å². The maximum atomic E-state index is 14.1. The molecule has 0 saturated carbocycles. The molecule has 2 aliphatic rings. The van der Waals surface area contributed by atoms with E-state index in [1.165, 1.54) is 6.07 Å². The summed E-state index contributed by atoms with van der Waals surface area (Å²) in [5.41, 5.74) is 7.13. The number of anilines is 1. The third kappa shape index (κ3) is 3.96. The Bertz CT molecular complexity index is 609. The highest BCUT2D eigenvalue weighted by molar-refractivity contribution is 5.83. The topological polar surface area (TPSA) is 67.6 Å². The molecule has 0 bridgehead atoms. The summed E-state index contributed by atoms with van der Waals surface area (Å²) >= 11 is 0. The van der Waals surface area contributed by atoms with E-state index in [0.717, 1.165) is 31.5 Å². The van der Waals surface area contributed by atoms with Crippen LogP contribution in [0, 0.1) is 18.2 Å². The highest BCUT2D eigenvalue weighted by Gasteiger charge is 2.39. The second-order valence-electron chi connectivity index (χ2n) is 7.29. The number of piperidine rings is 1. The smallest absolute Gasteiger partial charge is 0.227 e. The van der Waals surface area contributed by atoms with Gasteiger partial charge in [-0.1, -0.05) is 6.07 Å². The van der Waals surface area contributed by atoms with Crippen molar-refractivity contribution in [3.8, 4) is 0 Å². The van der Waals surface area contributed by atoms with Crippen molar-refractivity contribution in [2.45, 2.75) is 38.6 Å². The van der Waals surface area contributed by atoms with Gasteiger partial charge in [-0.3, -0.25) is 4.79 Å². The van der Waals surface area contributed by atoms with Gasteiger partial charge in [0.05, 0.1) is 11.1 Å². The summed E-state index contributed by atoms with van der Waals surface area (Å²) in [6.45, 7) is 4.99. The van der Waals surface area contributed by atoms with Crippen molar-refractivity contribution in [1.29, 1.82) is 0 Å². The highest BCUT2D eigenvalue weighted by Crippen LogP contribution is 2.30. The van der Waals surface area contributed by atoms with Crippen LogP contribution in [-0.2, 0) is 9.53 Å². The van der Waals surface area contributed by atoms with Gasteiger partial charge in [-0.25, -0.2) is 4.39 Å². The molecular formula is C19H28FN3O2. The van der Waals surface area contributed by atoms with Crippen LogP contribution in [0.15, 0.2) is 18.2 Å². The van der Waals surface area contributed by atoms with Gasteiger partial charge in [0.2, 0.25) is 5.91 Å². The molecule has 3 rings (SSSR count). The van der Waals surface area contributed by atoms with Crippen molar-refractivity contribution in [3.63, 3.8) is 0 Å². The SMILES string of the molecule is Cc1ccc(F)c(N2CCC(NC(=O)C3(CN)CCOCC3)CC2)c1. The molecule has 6 heteroatoms. The third-order valence-electron chi connectivity index (χ3n) is 5.59. The summed E-state index contributed by atoms with van der Waals surface area (Å²) in [7, 11) is 0. The normalized spacial score (nSPS) is 21.2. The fourth-order valence-electron chi connectivity index (χ4n) is 3.75. The minimum absolute atomic E-state index is 0.0542. The number of nitrogens with two attached hydrogens (primary N) is 1. The number of hydrogen-bond donors (Lipinski definition) is 2. The minimum atomic E-state index is -0.488. The molecule has 0 radical (unpaired) electrons. The Balaban J connectivity index is 1.57. The molecule has 25 heavy (non-hydrogen) atoms. The molecule has 1 aromatic rings. The average Bonchev–Trinajstić information content (AvgIpc) is 2.65. The van der Waals surface area contributed by atoms with Gasteiger partial charge < -0.3 is 20.7 Å². The zero-order valence-electron chi connectivity index (χ0n) is 14.9. The second-order valence-corrected chi connectivity index (χ2v) is 7.29. The van der Waals surface area contributed by atoms with Gasteiger partial charge in [-0.15, -0.1) is 0 Å². The zero-order chi connectivity index (χ0) is 17.9. The van der Waals surface area contributed by atoms with Crippen LogP contribution in [0.5, 0.6) is 0 Å². The van der Waals surface area contributed by atoms with Gasteiger partial charge >= 0.3 is 0 Å². The first-order valence-corrected chi connectivity index (χ1v) is 9.14. The molecule has 0 spiro atoms. The Hall–Kier alpha value is -1.66. The van der Waals surface area contributed by atoms with Gasteiger partial charge in [-0.05, 0) is 50.3 Å². The summed E-state index contributed by atoms with van der Waals surface area (Å²) in [6, 6.07) is 5.32. The summed E-state index contributed by atoms with van der Waals surface area (Å²) < 4.78 is 19.4. The van der Waals surface area contributed by atoms with Crippen molar-refractivity contribution < 1.29 is 13.9 Å². The molecule has 0 aromatic heterocycles.